The van der Waals surface area contributed by atoms with Crippen molar-refractivity contribution in [3.05, 3.63) is 0 Å². The molecule has 1 heterocycles. The molecule has 0 amide bonds. The summed E-state index contributed by atoms with van der Waals surface area (Å²) in [6.45, 7) is 4.48. The van der Waals surface area contributed by atoms with E-state index in [-0.39, 0.29) is 0 Å². The summed E-state index contributed by atoms with van der Waals surface area (Å²) in [5.74, 6) is 0. The summed E-state index contributed by atoms with van der Waals surface area (Å²) in [5, 5.41) is 0. The van der Waals surface area contributed by atoms with Crippen molar-refractivity contribution in [2.45, 2.75) is 77.4 Å². The van der Waals surface area contributed by atoms with Crippen LogP contribution in [0.25, 0.3) is 0 Å². The second kappa shape index (κ2) is 6.42. The maximum absolute atomic E-state index is 5.49. The normalized spacial score (nSPS) is 26.3. The number of rotatable bonds is 8. The van der Waals surface area contributed by atoms with E-state index < -0.39 is 0 Å². The Kier molecular flexibility index (Phi) is 5.45. The van der Waals surface area contributed by atoms with Crippen molar-refractivity contribution in [3.63, 3.8) is 0 Å². The lowest BCUT2D eigenvalue weighted by atomic mass is 10.1. The number of ether oxygens (including phenoxy) is 1. The van der Waals surface area contributed by atoms with Crippen LogP contribution in [0.15, 0.2) is 0 Å². The highest BCUT2D eigenvalue weighted by Gasteiger charge is 2.35. The largest absolute Gasteiger partial charge is 0.370 e. The number of hydrogen-bond acceptors (Lipinski definition) is 1. The predicted octanol–water partition coefficient (Wildman–Crippen LogP) is 3.91. The van der Waals surface area contributed by atoms with Crippen molar-refractivity contribution >= 4 is 0 Å². The highest BCUT2D eigenvalue weighted by atomic mass is 16.6. The fraction of sp³-hybridized carbons (Fsp3) is 1.00. The van der Waals surface area contributed by atoms with Crippen LogP contribution in [0.4, 0.5) is 0 Å². The average molecular weight is 184 g/mol. The minimum absolute atomic E-state index is 0.621. The molecule has 0 N–H and O–H groups in total. The van der Waals surface area contributed by atoms with Crippen LogP contribution in [-0.4, -0.2) is 12.2 Å². The summed E-state index contributed by atoms with van der Waals surface area (Å²) in [6, 6.07) is 0. The van der Waals surface area contributed by atoms with Crippen LogP contribution >= 0.6 is 0 Å². The van der Waals surface area contributed by atoms with Crippen LogP contribution in [0.5, 0.6) is 0 Å². The van der Waals surface area contributed by atoms with Gasteiger partial charge in [0.2, 0.25) is 0 Å². The minimum atomic E-state index is 0.621. The molecule has 1 nitrogen and oxygen atoms in total. The van der Waals surface area contributed by atoms with Crippen LogP contribution in [0, 0.1) is 0 Å². The first kappa shape index (κ1) is 11.0. The molecule has 1 saturated heterocycles. The number of epoxide rings is 1. The lowest BCUT2D eigenvalue weighted by Gasteiger charge is -1.98. The van der Waals surface area contributed by atoms with Crippen molar-refractivity contribution in [1.82, 2.24) is 0 Å². The summed E-state index contributed by atoms with van der Waals surface area (Å²) >= 11 is 0. The van der Waals surface area contributed by atoms with E-state index in [0.717, 1.165) is 0 Å². The fourth-order valence-electron chi connectivity index (χ4n) is 1.92. The van der Waals surface area contributed by atoms with Gasteiger partial charge in [-0.1, -0.05) is 52.4 Å². The maximum atomic E-state index is 5.49. The zero-order chi connectivity index (χ0) is 9.52. The van der Waals surface area contributed by atoms with Gasteiger partial charge in [0.1, 0.15) is 0 Å². The van der Waals surface area contributed by atoms with Crippen LogP contribution in [-0.2, 0) is 4.74 Å². The molecule has 0 aromatic heterocycles. The quantitative estimate of drug-likeness (QED) is 0.411. The SMILES string of the molecule is CCCCCCCCC1OC1CC. The maximum Gasteiger partial charge on any atom is 0.0841 e. The molecule has 78 valence electrons. The van der Waals surface area contributed by atoms with Crippen molar-refractivity contribution in [1.29, 1.82) is 0 Å². The Bertz CT molecular complexity index is 122. The van der Waals surface area contributed by atoms with Gasteiger partial charge < -0.3 is 4.74 Å². The van der Waals surface area contributed by atoms with E-state index in [1.54, 1.807) is 0 Å². The fourth-order valence-corrected chi connectivity index (χ4v) is 1.92. The third kappa shape index (κ3) is 4.66. The number of hydrogen-bond donors (Lipinski definition) is 0. The standard InChI is InChI=1S/C12H24O/c1-3-5-6-7-8-9-10-12-11(4-2)13-12/h11-12H,3-10H2,1-2H3. The van der Waals surface area contributed by atoms with Gasteiger partial charge in [-0.3, -0.25) is 0 Å². The summed E-state index contributed by atoms with van der Waals surface area (Å²) in [7, 11) is 0. The van der Waals surface area contributed by atoms with E-state index in [2.05, 4.69) is 13.8 Å². The molecular formula is C12H24O. The van der Waals surface area contributed by atoms with Crippen LogP contribution < -0.4 is 0 Å². The molecule has 0 spiro atoms. The van der Waals surface area contributed by atoms with E-state index in [9.17, 15) is 0 Å². The molecule has 0 radical (unpaired) electrons. The lowest BCUT2D eigenvalue weighted by Crippen LogP contribution is -1.92. The molecule has 0 aliphatic carbocycles. The van der Waals surface area contributed by atoms with Gasteiger partial charge in [0.15, 0.2) is 0 Å². The molecule has 0 bridgehead atoms. The van der Waals surface area contributed by atoms with Gasteiger partial charge in [0.05, 0.1) is 12.2 Å². The van der Waals surface area contributed by atoms with Gasteiger partial charge >= 0.3 is 0 Å². The lowest BCUT2D eigenvalue weighted by molar-refractivity contribution is 0.355. The Morgan fingerprint density at radius 2 is 1.54 bits per heavy atom. The van der Waals surface area contributed by atoms with Gasteiger partial charge in [-0.15, -0.1) is 0 Å². The predicted molar refractivity (Wildman–Crippen MR) is 56.9 cm³/mol. The third-order valence-electron chi connectivity index (χ3n) is 2.93. The highest BCUT2D eigenvalue weighted by molar-refractivity contribution is 4.82. The van der Waals surface area contributed by atoms with Crippen molar-refractivity contribution in [2.24, 2.45) is 0 Å². The van der Waals surface area contributed by atoms with Gasteiger partial charge in [0.25, 0.3) is 0 Å². The zero-order valence-corrected chi connectivity index (χ0v) is 9.22. The summed E-state index contributed by atoms with van der Waals surface area (Å²) in [6.07, 6.45) is 12.2. The van der Waals surface area contributed by atoms with E-state index in [1.807, 2.05) is 0 Å². The number of unbranched alkanes of at least 4 members (excludes halogenated alkanes) is 5. The Morgan fingerprint density at radius 3 is 2.15 bits per heavy atom. The third-order valence-corrected chi connectivity index (χ3v) is 2.93. The monoisotopic (exact) mass is 184 g/mol. The van der Waals surface area contributed by atoms with E-state index in [1.165, 1.54) is 51.4 Å². The first-order valence-corrected chi connectivity index (χ1v) is 6.04. The highest BCUT2D eigenvalue weighted by Crippen LogP contribution is 2.29. The van der Waals surface area contributed by atoms with Crippen molar-refractivity contribution in [3.8, 4) is 0 Å². The Hall–Kier alpha value is -0.0400. The molecule has 1 rings (SSSR count). The van der Waals surface area contributed by atoms with Crippen molar-refractivity contribution < 1.29 is 4.74 Å². The first-order chi connectivity index (χ1) is 6.38. The molecule has 2 unspecified atom stereocenters. The van der Waals surface area contributed by atoms with Gasteiger partial charge in [0, 0.05) is 0 Å². The van der Waals surface area contributed by atoms with E-state index in [0.29, 0.717) is 12.2 Å². The Morgan fingerprint density at radius 1 is 0.846 bits per heavy atom. The molecule has 0 aromatic rings. The van der Waals surface area contributed by atoms with Crippen molar-refractivity contribution in [2.75, 3.05) is 0 Å². The van der Waals surface area contributed by atoms with Gasteiger partial charge in [-0.05, 0) is 12.8 Å². The average Bonchev–Trinajstić information content (AvgIpc) is 2.90. The molecule has 1 aliphatic heterocycles. The van der Waals surface area contributed by atoms with E-state index >= 15 is 0 Å². The molecule has 13 heavy (non-hydrogen) atoms. The molecule has 0 aromatic carbocycles. The molecule has 1 heteroatoms. The molecule has 1 aliphatic rings. The molecular weight excluding hydrogens is 160 g/mol. The summed E-state index contributed by atoms with van der Waals surface area (Å²) in [4.78, 5) is 0. The smallest absolute Gasteiger partial charge is 0.0841 e. The minimum Gasteiger partial charge on any atom is -0.370 e. The van der Waals surface area contributed by atoms with Gasteiger partial charge in [-0.25, -0.2) is 0 Å². The summed E-state index contributed by atoms with van der Waals surface area (Å²) in [5.41, 5.74) is 0. The van der Waals surface area contributed by atoms with E-state index in [4.69, 9.17) is 4.74 Å². The Labute approximate surface area is 82.9 Å². The van der Waals surface area contributed by atoms with Crippen LogP contribution in [0.1, 0.15) is 65.2 Å². The topological polar surface area (TPSA) is 12.5 Å². The molecule has 1 fully saturated rings. The summed E-state index contributed by atoms with van der Waals surface area (Å²) < 4.78 is 5.49. The van der Waals surface area contributed by atoms with Crippen LogP contribution in [0.3, 0.4) is 0 Å². The molecule has 0 saturated carbocycles. The molecule has 2 atom stereocenters. The second-order valence-corrected chi connectivity index (χ2v) is 4.18. The zero-order valence-electron chi connectivity index (χ0n) is 9.22. The first-order valence-electron chi connectivity index (χ1n) is 6.04. The Balaban J connectivity index is 1.75. The second-order valence-electron chi connectivity index (χ2n) is 4.18. The van der Waals surface area contributed by atoms with Crippen LogP contribution in [0.2, 0.25) is 0 Å². The van der Waals surface area contributed by atoms with Gasteiger partial charge in [-0.2, -0.15) is 0 Å².